The zero-order valence-electron chi connectivity index (χ0n) is 8.50. The summed E-state index contributed by atoms with van der Waals surface area (Å²) < 4.78 is 1.75. The Morgan fingerprint density at radius 1 is 1.44 bits per heavy atom. The van der Waals surface area contributed by atoms with Crippen LogP contribution in [0.25, 0.3) is 10.9 Å². The summed E-state index contributed by atoms with van der Waals surface area (Å²) >= 11 is 11.9. The highest BCUT2D eigenvalue weighted by Crippen LogP contribution is 2.31. The molecule has 1 aromatic carbocycles. The number of aromatic nitrogens is 1. The fourth-order valence-corrected chi connectivity index (χ4v) is 2.37. The van der Waals surface area contributed by atoms with Crippen molar-refractivity contribution in [2.45, 2.75) is 13.5 Å². The van der Waals surface area contributed by atoms with Crippen LogP contribution >= 0.6 is 23.2 Å². The van der Waals surface area contributed by atoms with Crippen LogP contribution < -0.4 is 0 Å². The van der Waals surface area contributed by atoms with Crippen molar-refractivity contribution >= 4 is 40.1 Å². The number of rotatable bonds is 2. The number of carbonyl (C=O) groups is 1. The Kier molecular flexibility index (Phi) is 2.82. The number of benzene rings is 1. The number of aryl methyl sites for hydroxylation is 1. The average molecular weight is 258 g/mol. The van der Waals surface area contributed by atoms with Gasteiger partial charge in [0.15, 0.2) is 0 Å². The largest absolute Gasteiger partial charge is 0.478 e. The third-order valence-electron chi connectivity index (χ3n) is 2.49. The van der Waals surface area contributed by atoms with Gasteiger partial charge in [0.1, 0.15) is 10.7 Å². The lowest BCUT2D eigenvalue weighted by atomic mass is 10.2. The number of hydrogen-bond donors (Lipinski definition) is 1. The second kappa shape index (κ2) is 4.00. The molecule has 0 aliphatic rings. The van der Waals surface area contributed by atoms with E-state index < -0.39 is 5.97 Å². The van der Waals surface area contributed by atoms with Gasteiger partial charge in [0.25, 0.3) is 0 Å². The van der Waals surface area contributed by atoms with Crippen molar-refractivity contribution in [2.75, 3.05) is 0 Å². The molecule has 0 bridgehead atoms. The molecule has 0 aliphatic heterocycles. The average Bonchev–Trinajstić information content (AvgIpc) is 2.48. The van der Waals surface area contributed by atoms with Gasteiger partial charge in [0.2, 0.25) is 0 Å². The molecule has 0 atom stereocenters. The van der Waals surface area contributed by atoms with Gasteiger partial charge in [0, 0.05) is 17.0 Å². The van der Waals surface area contributed by atoms with Crippen LogP contribution in [0.1, 0.15) is 17.3 Å². The highest BCUT2D eigenvalue weighted by Gasteiger charge is 2.20. The fourth-order valence-electron chi connectivity index (χ4n) is 1.81. The maximum atomic E-state index is 11.1. The molecule has 1 heterocycles. The molecular formula is C11H9Cl2NO2. The van der Waals surface area contributed by atoms with E-state index in [1.165, 1.54) is 0 Å². The molecule has 0 amide bonds. The molecular weight excluding hydrogens is 249 g/mol. The van der Waals surface area contributed by atoms with Crippen molar-refractivity contribution in [1.29, 1.82) is 0 Å². The lowest BCUT2D eigenvalue weighted by Crippen LogP contribution is -1.98. The summed E-state index contributed by atoms with van der Waals surface area (Å²) in [6.45, 7) is 2.52. The summed E-state index contributed by atoms with van der Waals surface area (Å²) in [5.41, 5.74) is 0.898. The molecule has 2 aromatic rings. The van der Waals surface area contributed by atoms with E-state index in [1.54, 1.807) is 22.8 Å². The summed E-state index contributed by atoms with van der Waals surface area (Å²) in [7, 11) is 0. The normalized spacial score (nSPS) is 10.9. The van der Waals surface area contributed by atoms with Crippen molar-refractivity contribution in [3.8, 4) is 0 Å². The predicted molar refractivity (Wildman–Crippen MR) is 64.6 cm³/mol. The molecule has 0 unspecified atom stereocenters. The van der Waals surface area contributed by atoms with Gasteiger partial charge in [-0.3, -0.25) is 0 Å². The number of halogens is 2. The lowest BCUT2D eigenvalue weighted by Gasteiger charge is -2.01. The zero-order chi connectivity index (χ0) is 11.9. The van der Waals surface area contributed by atoms with E-state index in [0.717, 1.165) is 5.52 Å². The van der Waals surface area contributed by atoms with E-state index in [4.69, 9.17) is 28.3 Å². The Bertz CT molecular complexity index is 575. The van der Waals surface area contributed by atoms with Gasteiger partial charge >= 0.3 is 5.97 Å². The Labute approximate surface area is 102 Å². The van der Waals surface area contributed by atoms with Crippen LogP contribution in [-0.4, -0.2) is 15.6 Å². The van der Waals surface area contributed by atoms with Gasteiger partial charge in [0.05, 0.1) is 5.52 Å². The van der Waals surface area contributed by atoms with Gasteiger partial charge in [-0.1, -0.05) is 23.2 Å². The quantitative estimate of drug-likeness (QED) is 0.892. The molecule has 0 saturated carbocycles. The van der Waals surface area contributed by atoms with Crippen molar-refractivity contribution < 1.29 is 9.90 Å². The molecule has 1 aromatic heterocycles. The van der Waals surface area contributed by atoms with E-state index in [0.29, 0.717) is 17.0 Å². The van der Waals surface area contributed by atoms with Crippen LogP contribution in [0, 0.1) is 0 Å². The second-order valence-corrected chi connectivity index (χ2v) is 4.17. The first kappa shape index (κ1) is 11.3. The van der Waals surface area contributed by atoms with E-state index in [2.05, 4.69) is 0 Å². The summed E-state index contributed by atoms with van der Waals surface area (Å²) in [5.74, 6) is -1.04. The monoisotopic (exact) mass is 257 g/mol. The zero-order valence-corrected chi connectivity index (χ0v) is 10.0. The predicted octanol–water partition coefficient (Wildman–Crippen LogP) is 3.67. The molecule has 0 aliphatic carbocycles. The minimum Gasteiger partial charge on any atom is -0.478 e. The molecule has 84 valence electrons. The molecule has 0 spiro atoms. The van der Waals surface area contributed by atoms with Gasteiger partial charge in [-0.2, -0.15) is 0 Å². The highest BCUT2D eigenvalue weighted by molar-refractivity contribution is 6.36. The van der Waals surface area contributed by atoms with Gasteiger partial charge < -0.3 is 9.67 Å². The van der Waals surface area contributed by atoms with Gasteiger partial charge in [-0.25, -0.2) is 4.79 Å². The summed E-state index contributed by atoms with van der Waals surface area (Å²) in [6, 6.07) is 5.12. The first-order valence-electron chi connectivity index (χ1n) is 4.76. The third kappa shape index (κ3) is 1.56. The molecule has 0 saturated heterocycles. The van der Waals surface area contributed by atoms with Crippen LogP contribution in [0.15, 0.2) is 18.2 Å². The van der Waals surface area contributed by atoms with Crippen LogP contribution in [0.3, 0.4) is 0 Å². The van der Waals surface area contributed by atoms with E-state index in [-0.39, 0.29) is 10.7 Å². The molecule has 0 fully saturated rings. The number of carboxylic acids is 1. The highest BCUT2D eigenvalue weighted by atomic mass is 35.5. The maximum absolute atomic E-state index is 11.1. The Morgan fingerprint density at radius 3 is 2.69 bits per heavy atom. The van der Waals surface area contributed by atoms with E-state index in [9.17, 15) is 4.79 Å². The van der Waals surface area contributed by atoms with Crippen molar-refractivity contribution in [3.63, 3.8) is 0 Å². The Balaban J connectivity index is 2.92. The topological polar surface area (TPSA) is 42.2 Å². The minimum absolute atomic E-state index is 0.112. The van der Waals surface area contributed by atoms with Gasteiger partial charge in [-0.15, -0.1) is 0 Å². The Hall–Kier alpha value is -1.19. The smallest absolute Gasteiger partial charge is 0.339 e. The van der Waals surface area contributed by atoms with Crippen LogP contribution in [-0.2, 0) is 6.54 Å². The summed E-state index contributed by atoms with van der Waals surface area (Å²) in [4.78, 5) is 11.1. The van der Waals surface area contributed by atoms with Crippen molar-refractivity contribution in [2.24, 2.45) is 0 Å². The maximum Gasteiger partial charge on any atom is 0.339 e. The van der Waals surface area contributed by atoms with E-state index in [1.807, 2.05) is 6.92 Å². The molecule has 5 heteroatoms. The number of hydrogen-bond acceptors (Lipinski definition) is 1. The molecule has 1 N–H and O–H groups in total. The SMILES string of the molecule is CCn1c(Cl)c(C(=O)O)c2cc(Cl)ccc21. The molecule has 0 radical (unpaired) electrons. The van der Waals surface area contributed by atoms with Gasteiger partial charge in [-0.05, 0) is 25.1 Å². The second-order valence-electron chi connectivity index (χ2n) is 3.38. The van der Waals surface area contributed by atoms with Crippen LogP contribution in [0.4, 0.5) is 0 Å². The fraction of sp³-hybridized carbons (Fsp3) is 0.182. The van der Waals surface area contributed by atoms with Crippen LogP contribution in [0.2, 0.25) is 10.2 Å². The lowest BCUT2D eigenvalue weighted by molar-refractivity contribution is 0.0699. The standard InChI is InChI=1S/C11H9Cl2NO2/c1-2-14-8-4-3-6(12)5-7(8)9(10(14)13)11(15)16/h3-5H,2H2,1H3,(H,15,16). The summed E-state index contributed by atoms with van der Waals surface area (Å²) in [5, 5.41) is 10.4. The van der Waals surface area contributed by atoms with E-state index >= 15 is 0 Å². The van der Waals surface area contributed by atoms with Crippen molar-refractivity contribution in [3.05, 3.63) is 33.9 Å². The number of fused-ring (bicyclic) bond motifs is 1. The number of aromatic carboxylic acids is 1. The third-order valence-corrected chi connectivity index (χ3v) is 3.12. The first-order chi connectivity index (χ1) is 7.56. The Morgan fingerprint density at radius 2 is 2.12 bits per heavy atom. The number of carboxylic acid groups (broad SMARTS) is 1. The van der Waals surface area contributed by atoms with Crippen molar-refractivity contribution in [1.82, 2.24) is 4.57 Å². The molecule has 16 heavy (non-hydrogen) atoms. The van der Waals surface area contributed by atoms with Crippen LogP contribution in [0.5, 0.6) is 0 Å². The minimum atomic E-state index is -1.04. The molecule has 2 rings (SSSR count). The molecule has 3 nitrogen and oxygen atoms in total. The summed E-state index contributed by atoms with van der Waals surface area (Å²) in [6.07, 6.45) is 0. The number of nitrogens with zero attached hydrogens (tertiary/aromatic N) is 1. The first-order valence-corrected chi connectivity index (χ1v) is 5.52.